The molecule has 2 heteroatoms. The van der Waals surface area contributed by atoms with Gasteiger partial charge >= 0.3 is 0 Å². The van der Waals surface area contributed by atoms with Gasteiger partial charge in [0.2, 0.25) is 0 Å². The van der Waals surface area contributed by atoms with E-state index in [0.29, 0.717) is 5.92 Å². The molecule has 0 saturated carbocycles. The van der Waals surface area contributed by atoms with Gasteiger partial charge in [-0.2, -0.15) is 0 Å². The van der Waals surface area contributed by atoms with Crippen LogP contribution in [0.2, 0.25) is 0 Å². The molecule has 18 heavy (non-hydrogen) atoms. The molecule has 1 aliphatic rings. The SMILES string of the molecule is CCC(c1ccccc1)C(NN)C1=CCCCC1. The maximum absolute atomic E-state index is 5.83. The van der Waals surface area contributed by atoms with Crippen molar-refractivity contribution in [1.29, 1.82) is 0 Å². The van der Waals surface area contributed by atoms with Crippen LogP contribution in [0.15, 0.2) is 42.0 Å². The standard InChI is InChI=1S/C16H24N2/c1-2-15(13-9-5-3-6-10-13)16(18-17)14-11-7-4-8-12-14/h3,5-6,9-11,15-16,18H,2,4,7-8,12,17H2,1H3. The average molecular weight is 244 g/mol. The largest absolute Gasteiger partial charge is 0.271 e. The van der Waals surface area contributed by atoms with Crippen molar-refractivity contribution in [2.45, 2.75) is 51.0 Å². The fourth-order valence-corrected chi connectivity index (χ4v) is 2.99. The van der Waals surface area contributed by atoms with Gasteiger partial charge in [0.15, 0.2) is 0 Å². The summed E-state index contributed by atoms with van der Waals surface area (Å²) < 4.78 is 0. The van der Waals surface area contributed by atoms with Gasteiger partial charge in [0.25, 0.3) is 0 Å². The van der Waals surface area contributed by atoms with E-state index in [1.165, 1.54) is 36.8 Å². The van der Waals surface area contributed by atoms with Crippen LogP contribution in [0.5, 0.6) is 0 Å². The zero-order valence-corrected chi connectivity index (χ0v) is 11.2. The average Bonchev–Trinajstić information content (AvgIpc) is 2.46. The summed E-state index contributed by atoms with van der Waals surface area (Å²) in [7, 11) is 0. The first-order valence-electron chi connectivity index (χ1n) is 7.06. The Morgan fingerprint density at radius 3 is 2.56 bits per heavy atom. The first-order chi connectivity index (χ1) is 8.86. The summed E-state index contributed by atoms with van der Waals surface area (Å²) in [6.07, 6.45) is 8.52. The van der Waals surface area contributed by atoms with Gasteiger partial charge < -0.3 is 0 Å². The predicted octanol–water partition coefficient (Wildman–Crippen LogP) is 3.51. The molecule has 0 amide bonds. The summed E-state index contributed by atoms with van der Waals surface area (Å²) in [5, 5.41) is 0. The minimum Gasteiger partial charge on any atom is -0.271 e. The van der Waals surface area contributed by atoms with Crippen LogP contribution >= 0.6 is 0 Å². The van der Waals surface area contributed by atoms with E-state index in [1.54, 1.807) is 0 Å². The van der Waals surface area contributed by atoms with Crippen LogP contribution in [0, 0.1) is 0 Å². The number of hydrogen-bond acceptors (Lipinski definition) is 2. The number of rotatable bonds is 5. The van der Waals surface area contributed by atoms with Crippen molar-refractivity contribution in [3.05, 3.63) is 47.5 Å². The van der Waals surface area contributed by atoms with Gasteiger partial charge in [-0.05, 0) is 37.7 Å². The molecule has 3 N–H and O–H groups in total. The highest BCUT2D eigenvalue weighted by atomic mass is 15.2. The highest BCUT2D eigenvalue weighted by Gasteiger charge is 2.24. The molecule has 0 fully saturated rings. The number of benzene rings is 1. The summed E-state index contributed by atoms with van der Waals surface area (Å²) in [5.41, 5.74) is 5.94. The molecule has 0 bridgehead atoms. The lowest BCUT2D eigenvalue weighted by Gasteiger charge is -2.30. The summed E-state index contributed by atoms with van der Waals surface area (Å²) in [4.78, 5) is 0. The van der Waals surface area contributed by atoms with Crippen molar-refractivity contribution in [3.63, 3.8) is 0 Å². The van der Waals surface area contributed by atoms with E-state index in [-0.39, 0.29) is 6.04 Å². The third-order valence-electron chi connectivity index (χ3n) is 3.98. The summed E-state index contributed by atoms with van der Waals surface area (Å²) in [6, 6.07) is 11.0. The Kier molecular flexibility index (Phi) is 4.97. The molecule has 0 aromatic heterocycles. The molecule has 1 aliphatic carbocycles. The number of hydrogen-bond donors (Lipinski definition) is 2. The second kappa shape index (κ2) is 6.72. The number of allylic oxidation sites excluding steroid dienone is 1. The summed E-state index contributed by atoms with van der Waals surface area (Å²) in [6.45, 7) is 2.24. The molecule has 1 aromatic rings. The number of nitrogens with one attached hydrogen (secondary N) is 1. The maximum atomic E-state index is 5.83. The normalized spacial score (nSPS) is 19.1. The lowest BCUT2D eigenvalue weighted by atomic mass is 9.82. The topological polar surface area (TPSA) is 38.0 Å². The molecule has 1 aromatic carbocycles. The van der Waals surface area contributed by atoms with Gasteiger partial charge in [0, 0.05) is 12.0 Å². The second-order valence-corrected chi connectivity index (χ2v) is 5.09. The Labute approximate surface area is 110 Å². The van der Waals surface area contributed by atoms with E-state index >= 15 is 0 Å². The highest BCUT2D eigenvalue weighted by molar-refractivity contribution is 5.27. The molecule has 2 unspecified atom stereocenters. The van der Waals surface area contributed by atoms with Gasteiger partial charge in [-0.3, -0.25) is 11.3 Å². The van der Waals surface area contributed by atoms with Crippen molar-refractivity contribution in [2.75, 3.05) is 0 Å². The summed E-state index contributed by atoms with van der Waals surface area (Å²) in [5.74, 6) is 6.30. The molecule has 0 heterocycles. The van der Waals surface area contributed by atoms with Crippen LogP contribution in [0.3, 0.4) is 0 Å². The minimum atomic E-state index is 0.290. The Morgan fingerprint density at radius 1 is 1.22 bits per heavy atom. The molecular formula is C16H24N2. The van der Waals surface area contributed by atoms with E-state index in [1.807, 2.05) is 0 Å². The van der Waals surface area contributed by atoms with Crippen molar-refractivity contribution < 1.29 is 0 Å². The number of hydrazine groups is 1. The molecule has 0 saturated heterocycles. The van der Waals surface area contributed by atoms with Crippen LogP contribution in [-0.4, -0.2) is 6.04 Å². The Morgan fingerprint density at radius 2 is 2.00 bits per heavy atom. The monoisotopic (exact) mass is 244 g/mol. The fourth-order valence-electron chi connectivity index (χ4n) is 2.99. The van der Waals surface area contributed by atoms with Crippen LogP contribution in [0.25, 0.3) is 0 Å². The van der Waals surface area contributed by atoms with Crippen molar-refractivity contribution >= 4 is 0 Å². The zero-order chi connectivity index (χ0) is 12.8. The minimum absolute atomic E-state index is 0.290. The van der Waals surface area contributed by atoms with Gasteiger partial charge in [0.1, 0.15) is 0 Å². The Hall–Kier alpha value is -1.12. The van der Waals surface area contributed by atoms with E-state index < -0.39 is 0 Å². The molecule has 2 nitrogen and oxygen atoms in total. The molecule has 0 spiro atoms. The molecular weight excluding hydrogens is 220 g/mol. The summed E-state index contributed by atoms with van der Waals surface area (Å²) >= 11 is 0. The maximum Gasteiger partial charge on any atom is 0.0488 e. The first kappa shape index (κ1) is 13.3. The predicted molar refractivity (Wildman–Crippen MR) is 77.1 cm³/mol. The third-order valence-corrected chi connectivity index (χ3v) is 3.98. The molecule has 2 atom stereocenters. The second-order valence-electron chi connectivity index (χ2n) is 5.09. The van der Waals surface area contributed by atoms with Crippen molar-refractivity contribution in [3.8, 4) is 0 Å². The van der Waals surface area contributed by atoms with Gasteiger partial charge in [-0.1, -0.05) is 48.9 Å². The lowest BCUT2D eigenvalue weighted by Crippen LogP contribution is -2.41. The van der Waals surface area contributed by atoms with Gasteiger partial charge in [-0.15, -0.1) is 0 Å². The smallest absolute Gasteiger partial charge is 0.0488 e. The van der Waals surface area contributed by atoms with Crippen molar-refractivity contribution in [1.82, 2.24) is 5.43 Å². The molecule has 2 rings (SSSR count). The number of nitrogens with two attached hydrogens (primary N) is 1. The van der Waals surface area contributed by atoms with Crippen LogP contribution in [-0.2, 0) is 0 Å². The van der Waals surface area contributed by atoms with Gasteiger partial charge in [0.05, 0.1) is 0 Å². The van der Waals surface area contributed by atoms with E-state index in [4.69, 9.17) is 5.84 Å². The van der Waals surface area contributed by atoms with Gasteiger partial charge in [-0.25, -0.2) is 0 Å². The van der Waals surface area contributed by atoms with Crippen LogP contribution in [0.1, 0.15) is 50.5 Å². The fraction of sp³-hybridized carbons (Fsp3) is 0.500. The lowest BCUT2D eigenvalue weighted by molar-refractivity contribution is 0.456. The highest BCUT2D eigenvalue weighted by Crippen LogP contribution is 2.31. The zero-order valence-electron chi connectivity index (χ0n) is 11.2. The first-order valence-corrected chi connectivity index (χ1v) is 7.06. The Bertz CT molecular complexity index is 383. The van der Waals surface area contributed by atoms with Crippen LogP contribution < -0.4 is 11.3 Å². The Balaban J connectivity index is 2.21. The van der Waals surface area contributed by atoms with E-state index in [2.05, 4.69) is 48.8 Å². The van der Waals surface area contributed by atoms with Crippen molar-refractivity contribution in [2.24, 2.45) is 5.84 Å². The van der Waals surface area contributed by atoms with Crippen LogP contribution in [0.4, 0.5) is 0 Å². The molecule has 0 radical (unpaired) electrons. The van der Waals surface area contributed by atoms with E-state index in [9.17, 15) is 0 Å². The third kappa shape index (κ3) is 3.01. The molecule has 0 aliphatic heterocycles. The quantitative estimate of drug-likeness (QED) is 0.472. The van der Waals surface area contributed by atoms with E-state index in [0.717, 1.165) is 6.42 Å². The molecule has 98 valence electrons.